The SMILES string of the molecule is O=C(NCC1CCNCC1)c1ccccc1-c1cccc(OC(F)(F)F)c1. The third-order valence-corrected chi connectivity index (χ3v) is 4.56. The van der Waals surface area contributed by atoms with Crippen LogP contribution in [0.5, 0.6) is 5.75 Å². The summed E-state index contributed by atoms with van der Waals surface area (Å²) in [5, 5.41) is 6.24. The van der Waals surface area contributed by atoms with Crippen molar-refractivity contribution < 1.29 is 22.7 Å². The molecule has 0 spiro atoms. The van der Waals surface area contributed by atoms with E-state index in [-0.39, 0.29) is 11.7 Å². The zero-order chi connectivity index (χ0) is 19.3. The van der Waals surface area contributed by atoms with Crippen LogP contribution in [0, 0.1) is 5.92 Å². The monoisotopic (exact) mass is 378 g/mol. The quantitative estimate of drug-likeness (QED) is 0.828. The van der Waals surface area contributed by atoms with Gasteiger partial charge in [-0.15, -0.1) is 13.2 Å². The summed E-state index contributed by atoms with van der Waals surface area (Å²) in [4.78, 5) is 12.7. The molecule has 4 nitrogen and oxygen atoms in total. The van der Waals surface area contributed by atoms with Crippen LogP contribution in [0.2, 0.25) is 0 Å². The molecule has 1 aliphatic rings. The molecule has 1 heterocycles. The van der Waals surface area contributed by atoms with E-state index in [4.69, 9.17) is 0 Å². The molecule has 27 heavy (non-hydrogen) atoms. The first-order valence-electron chi connectivity index (χ1n) is 8.86. The number of hydrogen-bond acceptors (Lipinski definition) is 3. The number of rotatable bonds is 5. The van der Waals surface area contributed by atoms with Crippen molar-refractivity contribution in [2.45, 2.75) is 19.2 Å². The highest BCUT2D eigenvalue weighted by molar-refractivity contribution is 6.00. The lowest BCUT2D eigenvalue weighted by molar-refractivity contribution is -0.274. The minimum atomic E-state index is -4.76. The van der Waals surface area contributed by atoms with Crippen LogP contribution in [-0.4, -0.2) is 31.9 Å². The van der Waals surface area contributed by atoms with Crippen LogP contribution in [0.15, 0.2) is 48.5 Å². The van der Waals surface area contributed by atoms with Crippen LogP contribution in [0.4, 0.5) is 13.2 Å². The third kappa shape index (κ3) is 5.47. The molecule has 1 amide bonds. The summed E-state index contributed by atoms with van der Waals surface area (Å²) in [5.41, 5.74) is 1.48. The summed E-state index contributed by atoms with van der Waals surface area (Å²) >= 11 is 0. The molecule has 1 saturated heterocycles. The van der Waals surface area contributed by atoms with Gasteiger partial charge in [-0.05, 0) is 61.2 Å². The largest absolute Gasteiger partial charge is 0.573 e. The maximum absolute atomic E-state index is 12.7. The number of alkyl halides is 3. The Bertz CT molecular complexity index is 787. The number of benzene rings is 2. The molecular formula is C20H21F3N2O2. The Morgan fingerprint density at radius 1 is 1.11 bits per heavy atom. The third-order valence-electron chi connectivity index (χ3n) is 4.56. The lowest BCUT2D eigenvalue weighted by Gasteiger charge is -2.23. The molecule has 2 aromatic rings. The lowest BCUT2D eigenvalue weighted by atomic mass is 9.97. The number of halogens is 3. The van der Waals surface area contributed by atoms with E-state index < -0.39 is 6.36 Å². The van der Waals surface area contributed by atoms with Crippen molar-refractivity contribution in [2.75, 3.05) is 19.6 Å². The zero-order valence-corrected chi connectivity index (χ0v) is 14.7. The molecule has 0 aromatic heterocycles. The van der Waals surface area contributed by atoms with Gasteiger partial charge in [0.1, 0.15) is 5.75 Å². The van der Waals surface area contributed by atoms with Gasteiger partial charge in [0.2, 0.25) is 0 Å². The van der Waals surface area contributed by atoms with Crippen LogP contribution in [0.25, 0.3) is 11.1 Å². The fourth-order valence-electron chi connectivity index (χ4n) is 3.21. The summed E-state index contributed by atoms with van der Waals surface area (Å²) in [7, 11) is 0. The molecule has 0 radical (unpaired) electrons. The zero-order valence-electron chi connectivity index (χ0n) is 14.7. The first kappa shape index (κ1) is 19.2. The molecule has 0 unspecified atom stereocenters. The van der Waals surface area contributed by atoms with E-state index in [0.717, 1.165) is 25.9 Å². The Kier molecular flexibility index (Phi) is 6.01. The highest BCUT2D eigenvalue weighted by Gasteiger charge is 2.31. The van der Waals surface area contributed by atoms with Gasteiger partial charge < -0.3 is 15.4 Å². The van der Waals surface area contributed by atoms with Crippen LogP contribution in [-0.2, 0) is 0 Å². The Morgan fingerprint density at radius 3 is 2.59 bits per heavy atom. The molecule has 0 atom stereocenters. The van der Waals surface area contributed by atoms with Gasteiger partial charge in [-0.1, -0.05) is 30.3 Å². The Hall–Kier alpha value is -2.54. The average Bonchev–Trinajstić information content (AvgIpc) is 2.66. The van der Waals surface area contributed by atoms with Crippen LogP contribution in [0.3, 0.4) is 0 Å². The van der Waals surface area contributed by atoms with Crippen molar-refractivity contribution in [2.24, 2.45) is 5.92 Å². The lowest BCUT2D eigenvalue weighted by Crippen LogP contribution is -2.36. The standard InChI is InChI=1S/C20H21F3N2O2/c21-20(22,23)27-16-5-3-4-15(12-16)17-6-1-2-7-18(17)19(26)25-13-14-8-10-24-11-9-14/h1-7,12,14,24H,8-11,13H2,(H,25,26). The molecule has 0 saturated carbocycles. The van der Waals surface area contributed by atoms with Gasteiger partial charge in [0.25, 0.3) is 5.91 Å². The molecule has 144 valence electrons. The summed E-state index contributed by atoms with van der Waals surface area (Å²) < 4.78 is 41.4. The van der Waals surface area contributed by atoms with Crippen molar-refractivity contribution in [3.05, 3.63) is 54.1 Å². The molecular weight excluding hydrogens is 357 g/mol. The van der Waals surface area contributed by atoms with Crippen molar-refractivity contribution in [1.82, 2.24) is 10.6 Å². The predicted molar refractivity (Wildman–Crippen MR) is 96.5 cm³/mol. The van der Waals surface area contributed by atoms with E-state index in [1.165, 1.54) is 18.2 Å². The number of ether oxygens (including phenoxy) is 1. The van der Waals surface area contributed by atoms with Crippen molar-refractivity contribution in [1.29, 1.82) is 0 Å². The second kappa shape index (κ2) is 8.43. The first-order valence-corrected chi connectivity index (χ1v) is 8.86. The van der Waals surface area contributed by atoms with Gasteiger partial charge in [-0.2, -0.15) is 0 Å². The second-order valence-corrected chi connectivity index (χ2v) is 6.52. The fourth-order valence-corrected chi connectivity index (χ4v) is 3.21. The maximum atomic E-state index is 12.7. The summed E-state index contributed by atoms with van der Waals surface area (Å²) in [6.07, 6.45) is -2.73. The molecule has 2 N–H and O–H groups in total. The highest BCUT2D eigenvalue weighted by atomic mass is 19.4. The van der Waals surface area contributed by atoms with Crippen LogP contribution >= 0.6 is 0 Å². The maximum Gasteiger partial charge on any atom is 0.573 e. The highest BCUT2D eigenvalue weighted by Crippen LogP contribution is 2.30. The number of carbonyl (C=O) groups is 1. The van der Waals surface area contributed by atoms with E-state index >= 15 is 0 Å². The minimum Gasteiger partial charge on any atom is -0.406 e. The van der Waals surface area contributed by atoms with Gasteiger partial charge in [0.05, 0.1) is 0 Å². The van der Waals surface area contributed by atoms with Crippen molar-refractivity contribution in [3.63, 3.8) is 0 Å². The van der Waals surface area contributed by atoms with Gasteiger partial charge >= 0.3 is 6.36 Å². The topological polar surface area (TPSA) is 50.4 Å². The van der Waals surface area contributed by atoms with Gasteiger partial charge in [-0.25, -0.2) is 0 Å². The Labute approximate surface area is 155 Å². The smallest absolute Gasteiger partial charge is 0.406 e. The second-order valence-electron chi connectivity index (χ2n) is 6.52. The van der Waals surface area contributed by atoms with E-state index in [9.17, 15) is 18.0 Å². The summed E-state index contributed by atoms with van der Waals surface area (Å²) in [6.45, 7) is 2.48. The summed E-state index contributed by atoms with van der Waals surface area (Å²) in [5.74, 6) is -0.109. The van der Waals surface area contributed by atoms with Crippen molar-refractivity contribution in [3.8, 4) is 16.9 Å². The van der Waals surface area contributed by atoms with Crippen LogP contribution in [0.1, 0.15) is 23.2 Å². The van der Waals surface area contributed by atoms with Gasteiger partial charge in [0, 0.05) is 12.1 Å². The first-order chi connectivity index (χ1) is 12.9. The Balaban J connectivity index is 1.77. The van der Waals surface area contributed by atoms with Gasteiger partial charge in [0.15, 0.2) is 0 Å². The molecule has 0 aliphatic carbocycles. The van der Waals surface area contributed by atoms with E-state index in [2.05, 4.69) is 15.4 Å². The van der Waals surface area contributed by atoms with E-state index in [1.807, 2.05) is 0 Å². The van der Waals surface area contributed by atoms with Gasteiger partial charge in [-0.3, -0.25) is 4.79 Å². The predicted octanol–water partition coefficient (Wildman–Crippen LogP) is 3.98. The number of amides is 1. The number of hydrogen-bond donors (Lipinski definition) is 2. The fraction of sp³-hybridized carbons (Fsp3) is 0.350. The Morgan fingerprint density at radius 2 is 1.85 bits per heavy atom. The van der Waals surface area contributed by atoms with Crippen LogP contribution < -0.4 is 15.4 Å². The normalized spacial score (nSPS) is 15.4. The summed E-state index contributed by atoms with van der Waals surface area (Å²) in [6, 6.07) is 12.5. The number of piperidine rings is 1. The molecule has 7 heteroatoms. The average molecular weight is 378 g/mol. The minimum absolute atomic E-state index is 0.230. The van der Waals surface area contributed by atoms with E-state index in [0.29, 0.717) is 29.2 Å². The molecule has 0 bridgehead atoms. The van der Waals surface area contributed by atoms with E-state index in [1.54, 1.807) is 30.3 Å². The molecule has 1 aliphatic heterocycles. The number of nitrogens with one attached hydrogen (secondary N) is 2. The van der Waals surface area contributed by atoms with Crippen molar-refractivity contribution >= 4 is 5.91 Å². The number of carbonyl (C=O) groups excluding carboxylic acids is 1. The molecule has 3 rings (SSSR count). The molecule has 2 aromatic carbocycles. The molecule has 1 fully saturated rings.